The number of aromatic nitrogens is 1. The number of carboxylic acids is 2. The lowest BCUT2D eigenvalue weighted by Gasteiger charge is -2.16. The fourth-order valence-corrected chi connectivity index (χ4v) is 1.53. The van der Waals surface area contributed by atoms with Crippen LogP contribution in [-0.4, -0.2) is 40.2 Å². The minimum Gasteiger partial charge on any atom is -0.480 e. The Hall–Kier alpha value is -1.63. The van der Waals surface area contributed by atoms with Crippen molar-refractivity contribution in [3.05, 3.63) is 11.6 Å². The van der Waals surface area contributed by atoms with Gasteiger partial charge in [-0.05, 0) is 0 Å². The van der Waals surface area contributed by atoms with Gasteiger partial charge >= 0.3 is 11.9 Å². The summed E-state index contributed by atoms with van der Waals surface area (Å²) in [5, 5.41) is 19.1. The molecule has 0 unspecified atom stereocenters. The molecule has 0 aliphatic heterocycles. The zero-order chi connectivity index (χ0) is 10.6. The number of nitrogens with zero attached hydrogens (tertiary/aromatic N) is 2. The number of carboxylic acid groups (broad SMARTS) is 2. The molecule has 0 amide bonds. The average Bonchev–Trinajstić information content (AvgIpc) is 2.52. The fraction of sp³-hybridized carbons (Fsp3) is 0.286. The van der Waals surface area contributed by atoms with E-state index in [1.807, 2.05) is 0 Å². The molecule has 1 aromatic heterocycles. The predicted molar refractivity (Wildman–Crippen MR) is 49.6 cm³/mol. The molecule has 14 heavy (non-hydrogen) atoms. The number of thiazole rings is 1. The molecular weight excluding hydrogens is 208 g/mol. The van der Waals surface area contributed by atoms with Crippen molar-refractivity contribution in [3.63, 3.8) is 0 Å². The Morgan fingerprint density at radius 2 is 1.93 bits per heavy atom. The van der Waals surface area contributed by atoms with Crippen molar-refractivity contribution in [1.29, 1.82) is 0 Å². The second kappa shape index (κ2) is 4.56. The molecule has 7 heteroatoms. The summed E-state index contributed by atoms with van der Waals surface area (Å²) in [5.41, 5.74) is 0. The first-order chi connectivity index (χ1) is 6.59. The third-order valence-electron chi connectivity index (χ3n) is 1.34. The maximum atomic E-state index is 10.4. The van der Waals surface area contributed by atoms with Gasteiger partial charge in [-0.3, -0.25) is 9.59 Å². The molecule has 76 valence electrons. The first kappa shape index (κ1) is 10.5. The maximum Gasteiger partial charge on any atom is 0.323 e. The second-order valence-electron chi connectivity index (χ2n) is 2.46. The fourth-order valence-electron chi connectivity index (χ4n) is 0.890. The van der Waals surface area contributed by atoms with Gasteiger partial charge in [0, 0.05) is 11.6 Å². The van der Waals surface area contributed by atoms with Gasteiger partial charge < -0.3 is 15.1 Å². The number of carbonyl (C=O) groups is 2. The Morgan fingerprint density at radius 3 is 2.29 bits per heavy atom. The molecule has 2 N–H and O–H groups in total. The maximum absolute atomic E-state index is 10.4. The summed E-state index contributed by atoms with van der Waals surface area (Å²) < 4.78 is 0. The highest BCUT2D eigenvalue weighted by Gasteiger charge is 2.15. The highest BCUT2D eigenvalue weighted by molar-refractivity contribution is 7.13. The van der Waals surface area contributed by atoms with E-state index in [0.29, 0.717) is 5.13 Å². The molecule has 0 radical (unpaired) electrons. The van der Waals surface area contributed by atoms with Crippen LogP contribution in [-0.2, 0) is 9.59 Å². The summed E-state index contributed by atoms with van der Waals surface area (Å²) in [4.78, 5) is 25.9. The van der Waals surface area contributed by atoms with Crippen LogP contribution in [0.5, 0.6) is 0 Å². The molecule has 0 saturated heterocycles. The van der Waals surface area contributed by atoms with Crippen LogP contribution in [0, 0.1) is 0 Å². The van der Waals surface area contributed by atoms with Crippen LogP contribution in [0.1, 0.15) is 0 Å². The molecule has 1 aromatic rings. The zero-order valence-electron chi connectivity index (χ0n) is 7.08. The number of aliphatic carboxylic acids is 2. The molecule has 1 rings (SSSR count). The third kappa shape index (κ3) is 3.02. The van der Waals surface area contributed by atoms with Gasteiger partial charge in [-0.25, -0.2) is 4.98 Å². The summed E-state index contributed by atoms with van der Waals surface area (Å²) in [5.74, 6) is -2.16. The molecular formula is C7H8N2O4S. The molecule has 0 aliphatic carbocycles. The van der Waals surface area contributed by atoms with Gasteiger partial charge in [0.05, 0.1) is 0 Å². The van der Waals surface area contributed by atoms with E-state index in [9.17, 15) is 9.59 Å². The average molecular weight is 216 g/mol. The number of anilines is 1. The summed E-state index contributed by atoms with van der Waals surface area (Å²) in [6.07, 6.45) is 1.50. The van der Waals surface area contributed by atoms with Crippen LogP contribution >= 0.6 is 11.3 Å². The molecule has 0 aromatic carbocycles. The van der Waals surface area contributed by atoms with Crippen LogP contribution in [0.25, 0.3) is 0 Å². The van der Waals surface area contributed by atoms with E-state index >= 15 is 0 Å². The summed E-state index contributed by atoms with van der Waals surface area (Å²) in [7, 11) is 0. The van der Waals surface area contributed by atoms with Crippen molar-refractivity contribution in [2.24, 2.45) is 0 Å². The van der Waals surface area contributed by atoms with Gasteiger partial charge in [-0.2, -0.15) is 0 Å². The first-order valence-corrected chi connectivity index (χ1v) is 4.55. The molecule has 0 bridgehead atoms. The largest absolute Gasteiger partial charge is 0.480 e. The second-order valence-corrected chi connectivity index (χ2v) is 3.33. The van der Waals surface area contributed by atoms with Gasteiger partial charge in [-0.15, -0.1) is 11.3 Å². The lowest BCUT2D eigenvalue weighted by atomic mass is 10.5. The molecule has 0 spiro atoms. The quantitative estimate of drug-likeness (QED) is 0.726. The zero-order valence-corrected chi connectivity index (χ0v) is 7.90. The summed E-state index contributed by atoms with van der Waals surface area (Å²) in [6, 6.07) is 0. The number of hydrogen-bond donors (Lipinski definition) is 2. The normalized spacial score (nSPS) is 9.71. The van der Waals surface area contributed by atoms with Crippen LogP contribution < -0.4 is 4.90 Å². The molecule has 0 fully saturated rings. The van der Waals surface area contributed by atoms with Crippen molar-refractivity contribution in [1.82, 2.24) is 4.98 Å². The topological polar surface area (TPSA) is 90.7 Å². The van der Waals surface area contributed by atoms with Crippen LogP contribution in [0.3, 0.4) is 0 Å². The van der Waals surface area contributed by atoms with Gasteiger partial charge in [0.25, 0.3) is 0 Å². The molecule has 0 aliphatic rings. The van der Waals surface area contributed by atoms with Crippen LogP contribution in [0.2, 0.25) is 0 Å². The van der Waals surface area contributed by atoms with Gasteiger partial charge in [0.1, 0.15) is 13.1 Å². The lowest BCUT2D eigenvalue weighted by molar-refractivity contribution is -0.136. The van der Waals surface area contributed by atoms with Crippen molar-refractivity contribution in [2.75, 3.05) is 18.0 Å². The van der Waals surface area contributed by atoms with Crippen molar-refractivity contribution >= 4 is 28.4 Å². The van der Waals surface area contributed by atoms with Crippen LogP contribution in [0.15, 0.2) is 11.6 Å². The number of rotatable bonds is 5. The van der Waals surface area contributed by atoms with E-state index in [1.54, 1.807) is 5.38 Å². The molecule has 1 heterocycles. The minimum atomic E-state index is -1.08. The Morgan fingerprint density at radius 1 is 1.36 bits per heavy atom. The van der Waals surface area contributed by atoms with E-state index in [2.05, 4.69) is 4.98 Å². The molecule has 0 atom stereocenters. The SMILES string of the molecule is O=C(O)CN(CC(=O)O)c1nccs1. The first-order valence-electron chi connectivity index (χ1n) is 3.67. The van der Waals surface area contributed by atoms with Gasteiger partial charge in [0.15, 0.2) is 5.13 Å². The Bertz CT molecular complexity index is 308. The highest BCUT2D eigenvalue weighted by atomic mass is 32.1. The van der Waals surface area contributed by atoms with Gasteiger partial charge in [-0.1, -0.05) is 0 Å². The van der Waals surface area contributed by atoms with Crippen molar-refractivity contribution in [2.45, 2.75) is 0 Å². The Kier molecular flexibility index (Phi) is 3.41. The van der Waals surface area contributed by atoms with Crippen molar-refractivity contribution in [3.8, 4) is 0 Å². The smallest absolute Gasteiger partial charge is 0.323 e. The van der Waals surface area contributed by atoms with Crippen LogP contribution in [0.4, 0.5) is 5.13 Å². The summed E-state index contributed by atoms with van der Waals surface area (Å²) >= 11 is 1.20. The standard InChI is InChI=1S/C7H8N2O4S/c10-5(11)3-9(4-6(12)13)7-8-1-2-14-7/h1-2H,3-4H2,(H,10,11)(H,12,13). The van der Waals surface area contributed by atoms with Gasteiger partial charge in [0.2, 0.25) is 0 Å². The Balaban J connectivity index is 2.71. The summed E-state index contributed by atoms with van der Waals surface area (Å²) in [6.45, 7) is -0.723. The third-order valence-corrected chi connectivity index (χ3v) is 2.17. The van der Waals surface area contributed by atoms with Crippen molar-refractivity contribution < 1.29 is 19.8 Å². The molecule has 6 nitrogen and oxygen atoms in total. The highest BCUT2D eigenvalue weighted by Crippen LogP contribution is 2.16. The lowest BCUT2D eigenvalue weighted by Crippen LogP contribution is -2.34. The van der Waals surface area contributed by atoms with E-state index in [1.165, 1.54) is 22.4 Å². The molecule has 0 saturated carbocycles. The Labute approximate surface area is 83.4 Å². The van der Waals surface area contributed by atoms with E-state index < -0.39 is 11.9 Å². The minimum absolute atomic E-state index is 0.361. The van der Waals surface area contributed by atoms with E-state index in [4.69, 9.17) is 10.2 Å². The van der Waals surface area contributed by atoms with E-state index in [0.717, 1.165) is 0 Å². The predicted octanol–water partition coefficient (Wildman–Crippen LogP) is 0.119. The van der Waals surface area contributed by atoms with E-state index in [-0.39, 0.29) is 13.1 Å². The monoisotopic (exact) mass is 216 g/mol. The number of hydrogen-bond acceptors (Lipinski definition) is 5.